The molecule has 1 aliphatic heterocycles. The van der Waals surface area contributed by atoms with Crippen LogP contribution in [0.25, 0.3) is 0 Å². The van der Waals surface area contributed by atoms with Crippen molar-refractivity contribution in [3.8, 4) is 5.88 Å². The number of hydrogen-bond acceptors (Lipinski definition) is 4. The van der Waals surface area contributed by atoms with Crippen LogP contribution in [0.1, 0.15) is 6.42 Å². The molecular formula is C11H17N3O. The van der Waals surface area contributed by atoms with Gasteiger partial charge in [-0.15, -0.1) is 0 Å². The molecule has 15 heavy (non-hydrogen) atoms. The molecule has 1 fully saturated rings. The maximum absolute atomic E-state index is 5.66. The lowest BCUT2D eigenvalue weighted by Crippen LogP contribution is -2.22. The third-order valence-corrected chi connectivity index (χ3v) is 2.91. The van der Waals surface area contributed by atoms with Crippen LogP contribution in [0.5, 0.6) is 5.88 Å². The van der Waals surface area contributed by atoms with E-state index in [4.69, 9.17) is 10.5 Å². The first kappa shape index (κ1) is 10.2. The number of methoxy groups -OCH3 is 1. The molecule has 1 atom stereocenters. The Labute approximate surface area is 90.0 Å². The van der Waals surface area contributed by atoms with Crippen LogP contribution in [0.15, 0.2) is 18.3 Å². The Bertz CT molecular complexity index is 312. The second-order valence-corrected chi connectivity index (χ2v) is 3.90. The van der Waals surface area contributed by atoms with Crippen molar-refractivity contribution in [1.82, 2.24) is 4.98 Å². The average molecular weight is 207 g/mol. The molecule has 0 radical (unpaired) electrons. The van der Waals surface area contributed by atoms with Crippen LogP contribution in [0.3, 0.4) is 0 Å². The van der Waals surface area contributed by atoms with Crippen molar-refractivity contribution in [3.63, 3.8) is 0 Å². The third-order valence-electron chi connectivity index (χ3n) is 2.91. The number of pyridine rings is 1. The van der Waals surface area contributed by atoms with Crippen molar-refractivity contribution >= 4 is 5.69 Å². The summed E-state index contributed by atoms with van der Waals surface area (Å²) in [5.74, 6) is 1.29. The van der Waals surface area contributed by atoms with Gasteiger partial charge in [0, 0.05) is 19.2 Å². The van der Waals surface area contributed by atoms with Crippen molar-refractivity contribution < 1.29 is 4.74 Å². The van der Waals surface area contributed by atoms with Gasteiger partial charge in [0.05, 0.1) is 19.0 Å². The summed E-state index contributed by atoms with van der Waals surface area (Å²) in [5.41, 5.74) is 6.82. The van der Waals surface area contributed by atoms with Gasteiger partial charge >= 0.3 is 0 Å². The minimum atomic E-state index is 0.632. The van der Waals surface area contributed by atoms with Gasteiger partial charge < -0.3 is 15.4 Å². The van der Waals surface area contributed by atoms with Crippen LogP contribution in [0, 0.1) is 5.92 Å². The zero-order valence-electron chi connectivity index (χ0n) is 9.02. The summed E-state index contributed by atoms with van der Waals surface area (Å²) in [6, 6.07) is 3.94. The topological polar surface area (TPSA) is 51.4 Å². The molecular weight excluding hydrogens is 190 g/mol. The standard InChI is InChI=1S/C11H17N3O/c1-15-11-3-2-10(7-13-11)14-5-4-9(6-12)8-14/h2-3,7,9H,4-6,8,12H2,1H3. The van der Waals surface area contributed by atoms with Gasteiger partial charge in [-0.2, -0.15) is 0 Å². The van der Waals surface area contributed by atoms with E-state index in [1.165, 1.54) is 6.42 Å². The number of hydrogen-bond donors (Lipinski definition) is 1. The SMILES string of the molecule is COc1ccc(N2CCC(CN)C2)cn1. The van der Waals surface area contributed by atoms with Crippen LogP contribution >= 0.6 is 0 Å². The fourth-order valence-electron chi connectivity index (χ4n) is 1.94. The molecule has 2 heterocycles. The summed E-state index contributed by atoms with van der Waals surface area (Å²) in [4.78, 5) is 6.52. The van der Waals surface area contributed by atoms with E-state index in [0.29, 0.717) is 11.8 Å². The van der Waals surface area contributed by atoms with E-state index in [1.54, 1.807) is 7.11 Å². The Morgan fingerprint density at radius 2 is 2.47 bits per heavy atom. The minimum absolute atomic E-state index is 0.632. The van der Waals surface area contributed by atoms with E-state index >= 15 is 0 Å². The second-order valence-electron chi connectivity index (χ2n) is 3.90. The second kappa shape index (κ2) is 4.49. The molecule has 1 unspecified atom stereocenters. The summed E-state index contributed by atoms with van der Waals surface area (Å²) < 4.78 is 5.02. The van der Waals surface area contributed by atoms with Crippen molar-refractivity contribution in [1.29, 1.82) is 0 Å². The Balaban J connectivity index is 2.04. The lowest BCUT2D eigenvalue weighted by atomic mass is 10.1. The zero-order chi connectivity index (χ0) is 10.7. The Hall–Kier alpha value is -1.29. The monoisotopic (exact) mass is 207 g/mol. The summed E-state index contributed by atoms with van der Waals surface area (Å²) in [7, 11) is 1.63. The average Bonchev–Trinajstić information content (AvgIpc) is 2.78. The van der Waals surface area contributed by atoms with E-state index in [0.717, 1.165) is 25.3 Å². The first-order chi connectivity index (χ1) is 7.33. The molecule has 4 heteroatoms. The Morgan fingerprint density at radius 3 is 3.00 bits per heavy atom. The lowest BCUT2D eigenvalue weighted by Gasteiger charge is -2.17. The Morgan fingerprint density at radius 1 is 1.60 bits per heavy atom. The molecule has 0 aliphatic carbocycles. The van der Waals surface area contributed by atoms with Gasteiger partial charge in [0.25, 0.3) is 0 Å². The molecule has 0 saturated carbocycles. The smallest absolute Gasteiger partial charge is 0.213 e. The predicted molar refractivity (Wildman–Crippen MR) is 60.2 cm³/mol. The quantitative estimate of drug-likeness (QED) is 0.799. The normalized spacial score (nSPS) is 20.7. The van der Waals surface area contributed by atoms with Crippen LogP contribution in [-0.2, 0) is 0 Å². The van der Waals surface area contributed by atoms with Crippen LogP contribution in [0.4, 0.5) is 5.69 Å². The molecule has 1 aromatic heterocycles. The van der Waals surface area contributed by atoms with Crippen molar-refractivity contribution in [2.45, 2.75) is 6.42 Å². The predicted octanol–water partition coefficient (Wildman–Crippen LogP) is 0.875. The zero-order valence-corrected chi connectivity index (χ0v) is 9.02. The number of aromatic nitrogens is 1. The first-order valence-electron chi connectivity index (χ1n) is 5.28. The Kier molecular flexibility index (Phi) is 3.06. The highest BCUT2D eigenvalue weighted by Crippen LogP contribution is 2.23. The fourth-order valence-corrected chi connectivity index (χ4v) is 1.94. The van der Waals surface area contributed by atoms with E-state index in [2.05, 4.69) is 9.88 Å². The highest BCUT2D eigenvalue weighted by Gasteiger charge is 2.21. The van der Waals surface area contributed by atoms with Gasteiger partial charge in [0.15, 0.2) is 0 Å². The van der Waals surface area contributed by atoms with Gasteiger partial charge in [0.1, 0.15) is 0 Å². The molecule has 0 aromatic carbocycles. The highest BCUT2D eigenvalue weighted by molar-refractivity contribution is 5.46. The molecule has 1 saturated heterocycles. The summed E-state index contributed by atoms with van der Waals surface area (Å²) in [6.45, 7) is 2.90. The van der Waals surface area contributed by atoms with Gasteiger partial charge in [0.2, 0.25) is 5.88 Å². The molecule has 0 spiro atoms. The molecule has 0 bridgehead atoms. The molecule has 1 aliphatic rings. The van der Waals surface area contributed by atoms with Crippen molar-refractivity contribution in [2.24, 2.45) is 11.7 Å². The number of rotatable bonds is 3. The fraction of sp³-hybridized carbons (Fsp3) is 0.545. The summed E-state index contributed by atoms with van der Waals surface area (Å²) in [5, 5.41) is 0. The van der Waals surface area contributed by atoms with E-state index in [9.17, 15) is 0 Å². The molecule has 4 nitrogen and oxygen atoms in total. The van der Waals surface area contributed by atoms with E-state index in [-0.39, 0.29) is 0 Å². The largest absolute Gasteiger partial charge is 0.481 e. The highest BCUT2D eigenvalue weighted by atomic mass is 16.5. The summed E-state index contributed by atoms with van der Waals surface area (Å²) >= 11 is 0. The number of anilines is 1. The maximum atomic E-state index is 5.66. The number of nitrogens with zero attached hydrogens (tertiary/aromatic N) is 2. The first-order valence-corrected chi connectivity index (χ1v) is 5.28. The van der Waals surface area contributed by atoms with Crippen LogP contribution in [0.2, 0.25) is 0 Å². The molecule has 82 valence electrons. The molecule has 2 N–H and O–H groups in total. The van der Waals surface area contributed by atoms with Gasteiger partial charge in [-0.25, -0.2) is 4.98 Å². The van der Waals surface area contributed by atoms with Crippen LogP contribution < -0.4 is 15.4 Å². The van der Waals surface area contributed by atoms with Crippen molar-refractivity contribution in [3.05, 3.63) is 18.3 Å². The van der Waals surface area contributed by atoms with Gasteiger partial charge in [-0.1, -0.05) is 0 Å². The van der Waals surface area contributed by atoms with Crippen LogP contribution in [-0.4, -0.2) is 31.7 Å². The van der Waals surface area contributed by atoms with E-state index < -0.39 is 0 Å². The third kappa shape index (κ3) is 2.21. The molecule has 2 rings (SSSR count). The molecule has 1 aromatic rings. The number of ether oxygens (including phenoxy) is 1. The van der Waals surface area contributed by atoms with Crippen molar-refractivity contribution in [2.75, 3.05) is 31.6 Å². The maximum Gasteiger partial charge on any atom is 0.213 e. The minimum Gasteiger partial charge on any atom is -0.481 e. The summed E-state index contributed by atoms with van der Waals surface area (Å²) in [6.07, 6.45) is 3.04. The van der Waals surface area contributed by atoms with Gasteiger partial charge in [-0.05, 0) is 24.9 Å². The molecule has 0 amide bonds. The lowest BCUT2D eigenvalue weighted by molar-refractivity contribution is 0.398. The van der Waals surface area contributed by atoms with E-state index in [1.807, 2.05) is 18.3 Å². The van der Waals surface area contributed by atoms with Gasteiger partial charge in [-0.3, -0.25) is 0 Å². The number of nitrogens with two attached hydrogens (primary N) is 1.